The van der Waals surface area contributed by atoms with Crippen LogP contribution in [0.5, 0.6) is 0 Å². The maximum atomic E-state index is 12.3. The van der Waals surface area contributed by atoms with E-state index in [-0.39, 0.29) is 12.2 Å². The number of piperidine rings is 1. The van der Waals surface area contributed by atoms with E-state index < -0.39 is 5.60 Å². The van der Waals surface area contributed by atoms with Crippen LogP contribution in [0, 0.1) is 0 Å². The zero-order chi connectivity index (χ0) is 22.0. The van der Waals surface area contributed by atoms with Crippen molar-refractivity contribution in [2.24, 2.45) is 0 Å². The molecule has 1 atom stereocenters. The number of rotatable bonds is 4. The molecule has 1 unspecified atom stereocenters. The SMILES string of the molecule is CC(C)(C)OC(=O)N1CCC(c2nc(C3=CC(c4ccccc4C=O)ON3)cs2)CC1. The van der Waals surface area contributed by atoms with Crippen molar-refractivity contribution in [2.45, 2.75) is 51.2 Å². The van der Waals surface area contributed by atoms with E-state index in [1.807, 2.05) is 50.4 Å². The molecule has 3 heterocycles. The van der Waals surface area contributed by atoms with Crippen LogP contribution in [-0.2, 0) is 9.57 Å². The fraction of sp³-hybridized carbons (Fsp3) is 0.435. The van der Waals surface area contributed by atoms with Crippen LogP contribution in [0.2, 0.25) is 0 Å². The van der Waals surface area contributed by atoms with Crippen molar-refractivity contribution in [3.05, 3.63) is 57.6 Å². The van der Waals surface area contributed by atoms with Crippen molar-refractivity contribution in [3.63, 3.8) is 0 Å². The van der Waals surface area contributed by atoms with Crippen molar-refractivity contribution in [3.8, 4) is 0 Å². The summed E-state index contributed by atoms with van der Waals surface area (Å²) in [7, 11) is 0. The molecule has 1 amide bonds. The maximum absolute atomic E-state index is 12.3. The molecule has 1 aromatic heterocycles. The third kappa shape index (κ3) is 4.97. The van der Waals surface area contributed by atoms with Gasteiger partial charge < -0.3 is 9.64 Å². The molecule has 2 aliphatic heterocycles. The predicted molar refractivity (Wildman–Crippen MR) is 119 cm³/mol. The number of hydrogen-bond donors (Lipinski definition) is 1. The van der Waals surface area contributed by atoms with Gasteiger partial charge in [0.15, 0.2) is 0 Å². The number of benzene rings is 1. The van der Waals surface area contributed by atoms with Crippen LogP contribution in [0.4, 0.5) is 4.79 Å². The zero-order valence-electron chi connectivity index (χ0n) is 18.0. The summed E-state index contributed by atoms with van der Waals surface area (Å²) in [5, 5.41) is 3.09. The fourth-order valence-corrected chi connectivity index (χ4v) is 4.74. The van der Waals surface area contributed by atoms with E-state index >= 15 is 0 Å². The summed E-state index contributed by atoms with van der Waals surface area (Å²) < 4.78 is 5.48. The minimum atomic E-state index is -0.480. The Kier molecular flexibility index (Phi) is 6.11. The molecule has 7 nitrogen and oxygen atoms in total. The van der Waals surface area contributed by atoms with Gasteiger partial charge in [0, 0.05) is 30.0 Å². The maximum Gasteiger partial charge on any atom is 0.410 e. The first kappa shape index (κ1) is 21.5. The van der Waals surface area contributed by atoms with Crippen molar-refractivity contribution in [2.75, 3.05) is 13.1 Å². The van der Waals surface area contributed by atoms with Crippen molar-refractivity contribution >= 4 is 29.4 Å². The molecule has 2 aromatic rings. The molecule has 0 spiro atoms. The van der Waals surface area contributed by atoms with Crippen molar-refractivity contribution in [1.82, 2.24) is 15.4 Å². The Hall–Kier alpha value is -2.71. The molecule has 1 saturated heterocycles. The normalized spacial score (nSPS) is 19.6. The lowest BCUT2D eigenvalue weighted by Gasteiger charge is -2.32. The number of carbonyl (C=O) groups excluding carboxylic acids is 2. The number of likely N-dealkylation sites (tertiary alicyclic amines) is 1. The minimum Gasteiger partial charge on any atom is -0.444 e. The molecule has 31 heavy (non-hydrogen) atoms. The number of aldehydes is 1. The average molecular weight is 442 g/mol. The number of thiazole rings is 1. The quantitative estimate of drug-likeness (QED) is 0.694. The van der Waals surface area contributed by atoms with Crippen LogP contribution in [0.3, 0.4) is 0 Å². The van der Waals surface area contributed by atoms with Crippen molar-refractivity contribution < 1.29 is 19.2 Å². The zero-order valence-corrected chi connectivity index (χ0v) is 18.8. The molecular weight excluding hydrogens is 414 g/mol. The van der Waals surface area contributed by atoms with E-state index in [1.165, 1.54) is 0 Å². The van der Waals surface area contributed by atoms with Gasteiger partial charge in [-0.3, -0.25) is 15.1 Å². The fourth-order valence-electron chi connectivity index (χ4n) is 3.75. The molecule has 8 heteroatoms. The summed E-state index contributed by atoms with van der Waals surface area (Å²) in [5.74, 6) is 0.326. The minimum absolute atomic E-state index is 0.245. The van der Waals surface area contributed by atoms with E-state index in [0.29, 0.717) is 24.6 Å². The lowest BCUT2D eigenvalue weighted by Crippen LogP contribution is -2.41. The summed E-state index contributed by atoms with van der Waals surface area (Å²) in [4.78, 5) is 35.9. The van der Waals surface area contributed by atoms with E-state index in [0.717, 1.165) is 41.1 Å². The first-order valence-electron chi connectivity index (χ1n) is 10.5. The number of amides is 1. The second kappa shape index (κ2) is 8.80. The van der Waals surface area contributed by atoms with E-state index in [9.17, 15) is 9.59 Å². The molecule has 1 fully saturated rings. The summed E-state index contributed by atoms with van der Waals surface area (Å²) in [6, 6.07) is 7.39. The Balaban J connectivity index is 1.39. The summed E-state index contributed by atoms with van der Waals surface area (Å²) in [6.07, 6.45) is 3.94. The van der Waals surface area contributed by atoms with Crippen LogP contribution < -0.4 is 5.48 Å². The van der Waals surface area contributed by atoms with Gasteiger partial charge in [-0.15, -0.1) is 11.3 Å². The summed E-state index contributed by atoms with van der Waals surface area (Å²) in [5.41, 5.74) is 5.55. The van der Waals surface area contributed by atoms with Gasteiger partial charge in [0.2, 0.25) is 0 Å². The smallest absolute Gasteiger partial charge is 0.410 e. The highest BCUT2D eigenvalue weighted by atomic mass is 32.1. The standard InChI is InChI=1S/C23H27N3O4S/c1-23(2,3)29-22(28)26-10-8-15(9-11-26)21-24-19(14-31-21)18-12-20(30-25-18)17-7-5-4-6-16(17)13-27/h4-7,12-15,20,25H,8-11H2,1-3H3. The Labute approximate surface area is 186 Å². The van der Waals surface area contributed by atoms with E-state index in [4.69, 9.17) is 14.6 Å². The molecule has 1 aromatic carbocycles. The highest BCUT2D eigenvalue weighted by molar-refractivity contribution is 7.09. The molecule has 0 saturated carbocycles. The van der Waals surface area contributed by atoms with Gasteiger partial charge in [-0.05, 0) is 45.3 Å². The number of hydroxylamine groups is 1. The Morgan fingerprint density at radius 2 is 2.03 bits per heavy atom. The van der Waals surface area contributed by atoms with Crippen LogP contribution in [0.15, 0.2) is 35.7 Å². The second-order valence-corrected chi connectivity index (χ2v) is 9.67. The van der Waals surface area contributed by atoms with Crippen LogP contribution in [0.1, 0.15) is 72.3 Å². The van der Waals surface area contributed by atoms with Crippen LogP contribution in [0.25, 0.3) is 5.70 Å². The molecule has 0 radical (unpaired) electrons. The molecule has 1 N–H and O–H groups in total. The van der Waals surface area contributed by atoms with Crippen LogP contribution >= 0.6 is 11.3 Å². The molecule has 0 bridgehead atoms. The molecule has 4 rings (SSSR count). The third-order valence-corrected chi connectivity index (χ3v) is 6.34. The second-order valence-electron chi connectivity index (χ2n) is 8.78. The molecule has 164 valence electrons. The van der Waals surface area contributed by atoms with Gasteiger partial charge in [-0.2, -0.15) is 0 Å². The third-order valence-electron chi connectivity index (χ3n) is 5.34. The van der Waals surface area contributed by atoms with Gasteiger partial charge in [0.1, 0.15) is 18.0 Å². The van der Waals surface area contributed by atoms with Gasteiger partial charge in [-0.1, -0.05) is 24.3 Å². The Morgan fingerprint density at radius 1 is 1.29 bits per heavy atom. The molecule has 0 aliphatic carbocycles. The van der Waals surface area contributed by atoms with Crippen LogP contribution in [-0.4, -0.2) is 41.0 Å². The van der Waals surface area contributed by atoms with E-state index in [2.05, 4.69) is 5.48 Å². The predicted octanol–water partition coefficient (Wildman–Crippen LogP) is 4.69. The largest absolute Gasteiger partial charge is 0.444 e. The molecule has 2 aliphatic rings. The van der Waals surface area contributed by atoms with Gasteiger partial charge in [-0.25, -0.2) is 9.78 Å². The van der Waals surface area contributed by atoms with Gasteiger partial charge >= 0.3 is 6.09 Å². The molecular formula is C23H27N3O4S. The summed E-state index contributed by atoms with van der Waals surface area (Å²) >= 11 is 1.63. The van der Waals surface area contributed by atoms with Gasteiger partial charge in [0.25, 0.3) is 0 Å². The summed E-state index contributed by atoms with van der Waals surface area (Å²) in [6.45, 7) is 6.98. The lowest BCUT2D eigenvalue weighted by molar-refractivity contribution is 0.0204. The number of carbonyl (C=O) groups is 2. The first-order chi connectivity index (χ1) is 14.8. The van der Waals surface area contributed by atoms with Gasteiger partial charge in [0.05, 0.1) is 16.4 Å². The Bertz CT molecular complexity index is 987. The lowest BCUT2D eigenvalue weighted by atomic mass is 9.98. The number of nitrogens with one attached hydrogen (secondary N) is 1. The Morgan fingerprint density at radius 3 is 2.74 bits per heavy atom. The highest BCUT2D eigenvalue weighted by Gasteiger charge is 2.29. The highest BCUT2D eigenvalue weighted by Crippen LogP contribution is 2.34. The number of ether oxygens (including phenoxy) is 1. The topological polar surface area (TPSA) is 80.8 Å². The average Bonchev–Trinajstić information content (AvgIpc) is 3.42. The van der Waals surface area contributed by atoms with E-state index in [1.54, 1.807) is 22.3 Å². The first-order valence-corrected chi connectivity index (χ1v) is 11.3. The number of hydrogen-bond acceptors (Lipinski definition) is 7. The van der Waals surface area contributed by atoms with Crippen molar-refractivity contribution in [1.29, 1.82) is 0 Å². The number of nitrogens with zero attached hydrogens (tertiary/aromatic N) is 2. The number of aromatic nitrogens is 1. The monoisotopic (exact) mass is 441 g/mol.